The molecule has 1 saturated heterocycles. The van der Waals surface area contributed by atoms with Gasteiger partial charge in [-0.2, -0.15) is 0 Å². The molecule has 0 radical (unpaired) electrons. The van der Waals surface area contributed by atoms with Crippen molar-refractivity contribution in [3.05, 3.63) is 71.4 Å². The highest BCUT2D eigenvalue weighted by atomic mass is 35.5. The molecule has 0 unspecified atom stereocenters. The number of aromatic nitrogens is 3. The lowest BCUT2D eigenvalue weighted by Crippen LogP contribution is -2.38. The quantitative estimate of drug-likeness (QED) is 0.335. The van der Waals surface area contributed by atoms with Crippen LogP contribution in [0.3, 0.4) is 0 Å². The van der Waals surface area contributed by atoms with E-state index in [-0.39, 0.29) is 6.61 Å². The fourth-order valence-corrected chi connectivity index (χ4v) is 4.65. The van der Waals surface area contributed by atoms with Crippen LogP contribution in [0.15, 0.2) is 60.8 Å². The summed E-state index contributed by atoms with van der Waals surface area (Å²) in [6.45, 7) is 6.04. The van der Waals surface area contributed by atoms with Crippen LogP contribution in [0.5, 0.6) is 5.75 Å². The Hall–Kier alpha value is -3.17. The predicted octanol–water partition coefficient (Wildman–Crippen LogP) is 3.99. The maximum Gasteiger partial charge on any atom is 0.180 e. The molecule has 2 aromatic heterocycles. The number of halogens is 1. The normalized spacial score (nSPS) is 14.3. The van der Waals surface area contributed by atoms with Crippen LogP contribution in [0, 0.1) is 0 Å². The predicted molar refractivity (Wildman–Crippen MR) is 142 cm³/mol. The first-order chi connectivity index (χ1) is 17.7. The van der Waals surface area contributed by atoms with Gasteiger partial charge >= 0.3 is 0 Å². The standard InChI is InChI=1S/C27H30ClN5O3/c28-23-18-29-27-24(25(23)33(10-14-34)19-20-4-2-1-3-5-20)30-26(31-27)21-6-8-22(9-7-21)36-17-13-32-11-15-35-16-12-32/h1-9,18,34H,10-17,19H2,(H,29,30,31). The number of hydrogen-bond acceptors (Lipinski definition) is 7. The van der Waals surface area contributed by atoms with E-state index >= 15 is 0 Å². The van der Waals surface area contributed by atoms with Gasteiger partial charge in [-0.15, -0.1) is 0 Å². The van der Waals surface area contributed by atoms with Gasteiger partial charge in [-0.3, -0.25) is 4.90 Å². The highest BCUT2D eigenvalue weighted by molar-refractivity contribution is 6.34. The van der Waals surface area contributed by atoms with Crippen LogP contribution in [-0.4, -0.2) is 77.6 Å². The second-order valence-corrected chi connectivity index (χ2v) is 9.10. The van der Waals surface area contributed by atoms with Gasteiger partial charge in [0.1, 0.15) is 23.7 Å². The number of pyridine rings is 1. The molecular formula is C27H30ClN5O3. The number of aromatic amines is 1. The Morgan fingerprint density at radius 2 is 1.86 bits per heavy atom. The van der Waals surface area contributed by atoms with Crippen molar-refractivity contribution in [1.82, 2.24) is 19.9 Å². The topological polar surface area (TPSA) is 86.7 Å². The first-order valence-corrected chi connectivity index (χ1v) is 12.6. The molecule has 2 aromatic carbocycles. The molecule has 2 N–H and O–H groups in total. The molecule has 36 heavy (non-hydrogen) atoms. The minimum Gasteiger partial charge on any atom is -0.492 e. The zero-order valence-electron chi connectivity index (χ0n) is 20.1. The van der Waals surface area contributed by atoms with Crippen molar-refractivity contribution in [2.75, 3.05) is 57.5 Å². The van der Waals surface area contributed by atoms with E-state index in [4.69, 9.17) is 26.1 Å². The molecule has 0 atom stereocenters. The molecule has 3 heterocycles. The highest BCUT2D eigenvalue weighted by Gasteiger charge is 2.19. The maximum absolute atomic E-state index is 9.74. The number of hydrogen-bond donors (Lipinski definition) is 2. The Balaban J connectivity index is 1.34. The summed E-state index contributed by atoms with van der Waals surface area (Å²) in [6.07, 6.45) is 1.62. The van der Waals surface area contributed by atoms with Gasteiger partial charge in [0.15, 0.2) is 5.65 Å². The van der Waals surface area contributed by atoms with Gasteiger partial charge in [-0.25, -0.2) is 9.97 Å². The molecule has 1 aliphatic heterocycles. The molecule has 0 saturated carbocycles. The lowest BCUT2D eigenvalue weighted by atomic mass is 10.2. The van der Waals surface area contributed by atoms with Crippen molar-refractivity contribution in [3.8, 4) is 17.1 Å². The third-order valence-corrected chi connectivity index (χ3v) is 6.53. The lowest BCUT2D eigenvalue weighted by molar-refractivity contribution is 0.0322. The minimum absolute atomic E-state index is 0.000965. The zero-order valence-corrected chi connectivity index (χ0v) is 20.8. The minimum atomic E-state index is 0.000965. The van der Waals surface area contributed by atoms with Crippen LogP contribution in [0.4, 0.5) is 5.69 Å². The third-order valence-electron chi connectivity index (χ3n) is 6.26. The van der Waals surface area contributed by atoms with E-state index in [2.05, 4.69) is 31.9 Å². The summed E-state index contributed by atoms with van der Waals surface area (Å²) in [7, 11) is 0. The van der Waals surface area contributed by atoms with E-state index in [0.29, 0.717) is 36.2 Å². The number of aliphatic hydroxyl groups excluding tert-OH is 1. The van der Waals surface area contributed by atoms with E-state index in [1.54, 1.807) is 6.20 Å². The van der Waals surface area contributed by atoms with Crippen LogP contribution in [-0.2, 0) is 11.3 Å². The zero-order chi connectivity index (χ0) is 24.7. The van der Waals surface area contributed by atoms with Crippen molar-refractivity contribution >= 4 is 28.5 Å². The maximum atomic E-state index is 9.74. The van der Waals surface area contributed by atoms with E-state index in [9.17, 15) is 5.11 Å². The second kappa shape index (κ2) is 11.7. The lowest BCUT2D eigenvalue weighted by Gasteiger charge is -2.26. The number of aliphatic hydroxyl groups is 1. The monoisotopic (exact) mass is 507 g/mol. The summed E-state index contributed by atoms with van der Waals surface area (Å²) < 4.78 is 11.3. The van der Waals surface area contributed by atoms with Gasteiger partial charge in [0, 0.05) is 38.3 Å². The van der Waals surface area contributed by atoms with Gasteiger partial charge in [0.05, 0.1) is 36.7 Å². The molecule has 0 spiro atoms. The van der Waals surface area contributed by atoms with Crippen molar-refractivity contribution in [1.29, 1.82) is 0 Å². The molecule has 0 aliphatic carbocycles. The number of morpholine rings is 1. The highest BCUT2D eigenvalue weighted by Crippen LogP contribution is 2.34. The molecular weight excluding hydrogens is 478 g/mol. The van der Waals surface area contributed by atoms with E-state index < -0.39 is 0 Å². The Labute approximate surface area is 215 Å². The Morgan fingerprint density at radius 1 is 1.08 bits per heavy atom. The number of benzene rings is 2. The molecule has 0 amide bonds. The summed E-state index contributed by atoms with van der Waals surface area (Å²) in [6, 6.07) is 18.0. The number of H-pyrrole nitrogens is 1. The van der Waals surface area contributed by atoms with Crippen LogP contribution >= 0.6 is 11.6 Å². The first kappa shape index (κ1) is 24.5. The van der Waals surface area contributed by atoms with Crippen LogP contribution in [0.2, 0.25) is 5.02 Å². The molecule has 0 bridgehead atoms. The molecule has 5 rings (SSSR count). The summed E-state index contributed by atoms with van der Waals surface area (Å²) in [5.74, 6) is 1.52. The van der Waals surface area contributed by atoms with Gasteiger partial charge in [-0.1, -0.05) is 41.9 Å². The number of anilines is 1. The number of nitrogens with one attached hydrogen (secondary N) is 1. The molecule has 188 valence electrons. The Kier molecular flexibility index (Phi) is 7.98. The first-order valence-electron chi connectivity index (χ1n) is 12.2. The Bertz CT molecular complexity index is 1260. The average Bonchev–Trinajstić information content (AvgIpc) is 3.34. The molecule has 1 aliphatic rings. The van der Waals surface area contributed by atoms with Gasteiger partial charge in [-0.05, 0) is 29.8 Å². The van der Waals surface area contributed by atoms with Crippen molar-refractivity contribution in [3.63, 3.8) is 0 Å². The molecule has 4 aromatic rings. The number of fused-ring (bicyclic) bond motifs is 1. The summed E-state index contributed by atoms with van der Waals surface area (Å²) >= 11 is 6.62. The van der Waals surface area contributed by atoms with E-state index in [1.165, 1.54) is 0 Å². The number of nitrogens with zero attached hydrogens (tertiary/aromatic N) is 4. The summed E-state index contributed by atoms with van der Waals surface area (Å²) in [4.78, 5) is 17.0. The third kappa shape index (κ3) is 5.79. The molecule has 8 nitrogen and oxygen atoms in total. The summed E-state index contributed by atoms with van der Waals surface area (Å²) in [5, 5.41) is 10.2. The SMILES string of the molecule is OCCN(Cc1ccccc1)c1c(Cl)cnc2nc(-c3ccc(OCCN4CCOCC4)cc3)[nH]c12. The van der Waals surface area contributed by atoms with Crippen molar-refractivity contribution in [2.24, 2.45) is 0 Å². The molecule has 1 fully saturated rings. The van der Waals surface area contributed by atoms with Gasteiger partial charge in [0.25, 0.3) is 0 Å². The number of rotatable bonds is 10. The number of imidazole rings is 1. The van der Waals surface area contributed by atoms with E-state index in [1.807, 2.05) is 42.5 Å². The summed E-state index contributed by atoms with van der Waals surface area (Å²) in [5.41, 5.74) is 4.14. The van der Waals surface area contributed by atoms with Gasteiger partial charge in [0.2, 0.25) is 0 Å². The fraction of sp³-hybridized carbons (Fsp3) is 0.333. The van der Waals surface area contributed by atoms with Crippen molar-refractivity contribution < 1.29 is 14.6 Å². The second-order valence-electron chi connectivity index (χ2n) is 8.70. The average molecular weight is 508 g/mol. The van der Waals surface area contributed by atoms with Crippen LogP contribution < -0.4 is 9.64 Å². The van der Waals surface area contributed by atoms with Crippen LogP contribution in [0.1, 0.15) is 5.56 Å². The fourth-order valence-electron chi connectivity index (χ4n) is 4.39. The largest absolute Gasteiger partial charge is 0.492 e. The van der Waals surface area contributed by atoms with E-state index in [0.717, 1.165) is 60.9 Å². The van der Waals surface area contributed by atoms with Gasteiger partial charge < -0.3 is 24.5 Å². The number of ether oxygens (including phenoxy) is 2. The molecule has 9 heteroatoms. The van der Waals surface area contributed by atoms with Crippen LogP contribution in [0.25, 0.3) is 22.6 Å². The Morgan fingerprint density at radius 3 is 2.61 bits per heavy atom. The van der Waals surface area contributed by atoms with Crippen molar-refractivity contribution in [2.45, 2.75) is 6.54 Å². The smallest absolute Gasteiger partial charge is 0.180 e.